The van der Waals surface area contributed by atoms with Crippen LogP contribution in [0.1, 0.15) is 49.5 Å². The summed E-state index contributed by atoms with van der Waals surface area (Å²) in [4.78, 5) is 30.3. The molecule has 0 radical (unpaired) electrons. The van der Waals surface area contributed by atoms with Gasteiger partial charge < -0.3 is 4.57 Å². The maximum atomic E-state index is 13.0. The molecule has 1 aliphatic carbocycles. The molecular formula is C19H25N5O2. The average molecular weight is 355 g/mol. The van der Waals surface area contributed by atoms with Gasteiger partial charge in [-0.1, -0.05) is 25.3 Å². The van der Waals surface area contributed by atoms with Gasteiger partial charge in [0.15, 0.2) is 11.2 Å². The molecule has 0 unspecified atom stereocenters. The number of hydrogen-bond acceptors (Lipinski definition) is 3. The van der Waals surface area contributed by atoms with Crippen LogP contribution in [0.3, 0.4) is 0 Å². The monoisotopic (exact) mass is 355 g/mol. The van der Waals surface area contributed by atoms with Crippen molar-refractivity contribution in [3.8, 4) is 0 Å². The van der Waals surface area contributed by atoms with E-state index < -0.39 is 0 Å². The maximum absolute atomic E-state index is 13.0. The topological polar surface area (TPSA) is 66.2 Å². The second-order valence-electron chi connectivity index (χ2n) is 7.30. The first-order chi connectivity index (χ1) is 12.5. The number of allylic oxidation sites excluding steroid dienone is 1. The van der Waals surface area contributed by atoms with Crippen LogP contribution in [-0.4, -0.2) is 23.1 Å². The summed E-state index contributed by atoms with van der Waals surface area (Å²) in [5.74, 6) is 0.769. The van der Waals surface area contributed by atoms with Gasteiger partial charge in [0.2, 0.25) is 5.78 Å². The maximum Gasteiger partial charge on any atom is 0.332 e. The van der Waals surface area contributed by atoms with Gasteiger partial charge >= 0.3 is 5.69 Å². The number of aromatic nitrogens is 5. The molecule has 0 atom stereocenters. The fourth-order valence-electron chi connectivity index (χ4n) is 4.34. The molecule has 7 nitrogen and oxygen atoms in total. The van der Waals surface area contributed by atoms with E-state index in [1.165, 1.54) is 28.4 Å². The minimum Gasteiger partial charge on any atom is -0.311 e. The highest BCUT2D eigenvalue weighted by molar-refractivity contribution is 5.76. The minimum absolute atomic E-state index is 0.191. The van der Waals surface area contributed by atoms with Gasteiger partial charge in [0.05, 0.1) is 0 Å². The number of fused-ring (bicyclic) bond motifs is 3. The van der Waals surface area contributed by atoms with Crippen LogP contribution in [0.15, 0.2) is 22.2 Å². The van der Waals surface area contributed by atoms with Crippen LogP contribution < -0.4 is 11.2 Å². The predicted octanol–water partition coefficient (Wildman–Crippen LogP) is 2.46. The third-order valence-electron chi connectivity index (χ3n) is 5.81. The van der Waals surface area contributed by atoms with E-state index in [9.17, 15) is 9.59 Å². The Morgan fingerprint density at radius 2 is 1.85 bits per heavy atom. The number of nitrogens with zero attached hydrogens (tertiary/aromatic N) is 5. The summed E-state index contributed by atoms with van der Waals surface area (Å²) < 4.78 is 6.89. The third-order valence-corrected chi connectivity index (χ3v) is 5.81. The van der Waals surface area contributed by atoms with Gasteiger partial charge in [0.1, 0.15) is 0 Å². The Morgan fingerprint density at radius 1 is 1.15 bits per heavy atom. The van der Waals surface area contributed by atoms with E-state index in [1.54, 1.807) is 13.1 Å². The van der Waals surface area contributed by atoms with Crippen LogP contribution >= 0.6 is 0 Å². The van der Waals surface area contributed by atoms with Gasteiger partial charge in [-0.05, 0) is 26.7 Å². The highest BCUT2D eigenvalue weighted by atomic mass is 16.2. The van der Waals surface area contributed by atoms with E-state index >= 15 is 0 Å². The van der Waals surface area contributed by atoms with Gasteiger partial charge in [-0.25, -0.2) is 4.79 Å². The van der Waals surface area contributed by atoms with Crippen LogP contribution in [-0.2, 0) is 13.6 Å². The van der Waals surface area contributed by atoms with Crippen molar-refractivity contribution in [2.24, 2.45) is 7.05 Å². The molecule has 4 rings (SSSR count). The lowest BCUT2D eigenvalue weighted by atomic mass is 9.95. The van der Waals surface area contributed by atoms with Crippen LogP contribution in [0, 0.1) is 13.8 Å². The summed E-state index contributed by atoms with van der Waals surface area (Å²) in [6.45, 7) is 7.96. The fraction of sp³-hybridized carbons (Fsp3) is 0.526. The normalized spacial score (nSPS) is 16.0. The van der Waals surface area contributed by atoms with Gasteiger partial charge in [-0.2, -0.15) is 4.98 Å². The molecule has 0 aliphatic heterocycles. The number of hydrogen-bond donors (Lipinski definition) is 0. The molecule has 0 saturated heterocycles. The highest BCUT2D eigenvalue weighted by Crippen LogP contribution is 2.33. The van der Waals surface area contributed by atoms with Gasteiger partial charge in [-0.15, -0.1) is 6.58 Å². The first-order valence-corrected chi connectivity index (χ1v) is 9.27. The van der Waals surface area contributed by atoms with Gasteiger partial charge in [0.25, 0.3) is 5.56 Å². The summed E-state index contributed by atoms with van der Waals surface area (Å²) in [7, 11) is 1.67. The van der Waals surface area contributed by atoms with Gasteiger partial charge in [0, 0.05) is 31.0 Å². The molecule has 1 fully saturated rings. The molecule has 26 heavy (non-hydrogen) atoms. The van der Waals surface area contributed by atoms with E-state index in [0.717, 1.165) is 30.0 Å². The molecule has 3 aromatic rings. The molecule has 138 valence electrons. The Kier molecular flexibility index (Phi) is 3.89. The van der Waals surface area contributed by atoms with Crippen LogP contribution in [0.2, 0.25) is 0 Å². The molecular weight excluding hydrogens is 330 g/mol. The Balaban J connectivity index is 2.13. The van der Waals surface area contributed by atoms with E-state index in [0.29, 0.717) is 17.2 Å². The van der Waals surface area contributed by atoms with Crippen molar-refractivity contribution < 1.29 is 0 Å². The molecule has 7 heteroatoms. The molecule has 1 saturated carbocycles. The van der Waals surface area contributed by atoms with E-state index in [-0.39, 0.29) is 17.8 Å². The van der Waals surface area contributed by atoms with Gasteiger partial charge in [-0.3, -0.25) is 18.3 Å². The average Bonchev–Trinajstić information content (AvgIpc) is 3.14. The Bertz CT molecular complexity index is 1140. The predicted molar refractivity (Wildman–Crippen MR) is 102 cm³/mol. The highest BCUT2D eigenvalue weighted by Gasteiger charge is 2.26. The largest absolute Gasteiger partial charge is 0.332 e. The molecule has 0 aromatic carbocycles. The van der Waals surface area contributed by atoms with Crippen molar-refractivity contribution in [1.82, 2.24) is 23.1 Å². The summed E-state index contributed by atoms with van der Waals surface area (Å²) >= 11 is 0. The van der Waals surface area contributed by atoms with Crippen molar-refractivity contribution in [1.29, 1.82) is 0 Å². The molecule has 1 aliphatic rings. The van der Waals surface area contributed by atoms with Crippen LogP contribution in [0.25, 0.3) is 16.9 Å². The van der Waals surface area contributed by atoms with Crippen molar-refractivity contribution >= 4 is 16.9 Å². The fourth-order valence-corrected chi connectivity index (χ4v) is 4.34. The van der Waals surface area contributed by atoms with Crippen molar-refractivity contribution in [3.63, 3.8) is 0 Å². The van der Waals surface area contributed by atoms with Crippen LogP contribution in [0.5, 0.6) is 0 Å². The van der Waals surface area contributed by atoms with Crippen molar-refractivity contribution in [2.75, 3.05) is 0 Å². The summed E-state index contributed by atoms with van der Waals surface area (Å²) in [5, 5.41) is 0. The Morgan fingerprint density at radius 3 is 2.50 bits per heavy atom. The second-order valence-corrected chi connectivity index (χ2v) is 7.30. The Labute approximate surface area is 151 Å². The van der Waals surface area contributed by atoms with E-state index in [4.69, 9.17) is 4.98 Å². The lowest BCUT2D eigenvalue weighted by Gasteiger charge is -2.24. The lowest BCUT2D eigenvalue weighted by Crippen LogP contribution is -2.39. The number of aryl methyl sites for hydroxylation is 2. The number of imidazole rings is 2. The first kappa shape index (κ1) is 16.9. The third kappa shape index (κ3) is 2.15. The van der Waals surface area contributed by atoms with Crippen LogP contribution in [0.4, 0.5) is 0 Å². The van der Waals surface area contributed by atoms with E-state index in [2.05, 4.69) is 18.1 Å². The lowest BCUT2D eigenvalue weighted by molar-refractivity contribution is 0.355. The summed E-state index contributed by atoms with van der Waals surface area (Å²) in [6.07, 6.45) is 7.55. The first-order valence-electron chi connectivity index (χ1n) is 9.27. The molecule has 3 aromatic heterocycles. The SMILES string of the molecule is C=CCn1c(=O)c2c(nc3n(C4CCCCC4)c(C)c(C)n23)n(C)c1=O. The summed E-state index contributed by atoms with van der Waals surface area (Å²) in [6, 6.07) is 0.407. The summed E-state index contributed by atoms with van der Waals surface area (Å²) in [5.41, 5.74) is 2.40. The zero-order valence-corrected chi connectivity index (χ0v) is 15.7. The molecule has 0 N–H and O–H groups in total. The zero-order valence-electron chi connectivity index (χ0n) is 15.7. The zero-order chi connectivity index (χ0) is 18.6. The van der Waals surface area contributed by atoms with Crippen molar-refractivity contribution in [2.45, 2.75) is 58.5 Å². The quantitative estimate of drug-likeness (QED) is 0.678. The molecule has 0 amide bonds. The molecule has 3 heterocycles. The molecule has 0 bridgehead atoms. The standard InChI is InChI=1S/C19H25N5O2/c1-5-11-22-17(25)15-16(21(4)19(22)26)20-18-23(12(2)13(3)24(15)18)14-9-7-6-8-10-14/h5,14H,1,6-11H2,2-4H3. The van der Waals surface area contributed by atoms with Crippen molar-refractivity contribution in [3.05, 3.63) is 44.9 Å². The molecule has 0 spiro atoms. The van der Waals surface area contributed by atoms with E-state index in [1.807, 2.05) is 11.3 Å². The Hall–Kier alpha value is -2.57. The second kappa shape index (κ2) is 6.00. The minimum atomic E-state index is -0.359. The number of rotatable bonds is 3. The smallest absolute Gasteiger partial charge is 0.311 e.